The van der Waals surface area contributed by atoms with Crippen LogP contribution in [0, 0.1) is 11.8 Å². The monoisotopic (exact) mass is 476 g/mol. The minimum absolute atomic E-state index is 0.163. The number of cyclic esters (lactones) is 1. The summed E-state index contributed by atoms with van der Waals surface area (Å²) in [4.78, 5) is 24.8. The van der Waals surface area contributed by atoms with Gasteiger partial charge in [0.15, 0.2) is 0 Å². The fourth-order valence-corrected chi connectivity index (χ4v) is 5.25. The Morgan fingerprint density at radius 1 is 0.879 bits per heavy atom. The molecule has 1 fully saturated rings. The molecule has 3 atom stereocenters. The van der Waals surface area contributed by atoms with E-state index in [0.29, 0.717) is 11.4 Å². The molecule has 0 radical (unpaired) electrons. The highest BCUT2D eigenvalue weighted by Gasteiger charge is 2.40. The molecule has 0 amide bonds. The molecule has 1 aliphatic heterocycles. The van der Waals surface area contributed by atoms with Crippen LogP contribution in [0.4, 0.5) is 0 Å². The maximum atomic E-state index is 12.9. The van der Waals surface area contributed by atoms with E-state index in [2.05, 4.69) is 13.8 Å². The van der Waals surface area contributed by atoms with Crippen molar-refractivity contribution in [3.8, 4) is 0 Å². The van der Waals surface area contributed by atoms with E-state index in [-0.39, 0.29) is 24.1 Å². The lowest BCUT2D eigenvalue weighted by atomic mass is 9.87. The summed E-state index contributed by atoms with van der Waals surface area (Å²) in [5.74, 6) is 0.323. The van der Waals surface area contributed by atoms with Crippen molar-refractivity contribution in [3.63, 3.8) is 0 Å². The van der Waals surface area contributed by atoms with Crippen LogP contribution >= 0.6 is 11.6 Å². The number of rotatable bonds is 18. The number of Topliss-reactive ketones (excluding diaryl/α,β-unsaturated/α-hetero) is 1. The SMILES string of the molecule is CCCCCCCCCCC(CCC)CCCCC(=O)[C@H]1CC(=O)O[C@@H]1c1ccc(Cl)cc1. The molecule has 1 unspecified atom stereocenters. The van der Waals surface area contributed by atoms with Gasteiger partial charge in [0.1, 0.15) is 11.9 Å². The zero-order valence-corrected chi connectivity index (χ0v) is 21.7. The molecule has 0 aromatic heterocycles. The minimum atomic E-state index is -0.461. The molecule has 0 aliphatic carbocycles. The molecular formula is C29H45ClO3. The van der Waals surface area contributed by atoms with E-state index in [1.165, 1.54) is 77.0 Å². The van der Waals surface area contributed by atoms with E-state index in [1.54, 1.807) is 12.1 Å². The Morgan fingerprint density at radius 3 is 2.12 bits per heavy atom. The van der Waals surface area contributed by atoms with E-state index >= 15 is 0 Å². The molecule has 0 N–H and O–H groups in total. The largest absolute Gasteiger partial charge is 0.457 e. The number of halogens is 1. The molecular weight excluding hydrogens is 432 g/mol. The maximum Gasteiger partial charge on any atom is 0.307 e. The van der Waals surface area contributed by atoms with Crippen LogP contribution in [0.25, 0.3) is 0 Å². The van der Waals surface area contributed by atoms with E-state index < -0.39 is 6.10 Å². The van der Waals surface area contributed by atoms with Crippen molar-refractivity contribution in [3.05, 3.63) is 34.9 Å². The Hall–Kier alpha value is -1.35. The second-order valence-electron chi connectivity index (χ2n) is 9.90. The minimum Gasteiger partial charge on any atom is -0.457 e. The molecule has 33 heavy (non-hydrogen) atoms. The third kappa shape index (κ3) is 10.6. The molecule has 3 nitrogen and oxygen atoms in total. The van der Waals surface area contributed by atoms with Gasteiger partial charge in [-0.2, -0.15) is 0 Å². The third-order valence-corrected chi connectivity index (χ3v) is 7.32. The fourth-order valence-electron chi connectivity index (χ4n) is 5.12. The molecule has 2 rings (SSSR count). The predicted molar refractivity (Wildman–Crippen MR) is 137 cm³/mol. The highest BCUT2D eigenvalue weighted by atomic mass is 35.5. The van der Waals surface area contributed by atoms with Crippen LogP contribution in [0.15, 0.2) is 24.3 Å². The topological polar surface area (TPSA) is 43.4 Å². The average molecular weight is 477 g/mol. The van der Waals surface area contributed by atoms with Gasteiger partial charge in [-0.15, -0.1) is 0 Å². The summed E-state index contributed by atoms with van der Waals surface area (Å²) in [6.07, 6.45) is 18.4. The lowest BCUT2D eigenvalue weighted by Gasteiger charge is -2.18. The lowest BCUT2D eigenvalue weighted by Crippen LogP contribution is -2.18. The molecule has 1 aromatic rings. The Morgan fingerprint density at radius 2 is 1.48 bits per heavy atom. The van der Waals surface area contributed by atoms with Crippen LogP contribution in [0.3, 0.4) is 0 Å². The average Bonchev–Trinajstić information content (AvgIpc) is 3.20. The molecule has 186 valence electrons. The molecule has 1 saturated heterocycles. The van der Waals surface area contributed by atoms with Gasteiger partial charge >= 0.3 is 5.97 Å². The zero-order valence-electron chi connectivity index (χ0n) is 21.0. The van der Waals surface area contributed by atoms with E-state index in [0.717, 1.165) is 24.3 Å². The molecule has 0 saturated carbocycles. The molecule has 1 aliphatic rings. The first-order chi connectivity index (χ1) is 16.0. The summed E-state index contributed by atoms with van der Waals surface area (Å²) in [5, 5.41) is 0.638. The fraction of sp³-hybridized carbons (Fsp3) is 0.724. The van der Waals surface area contributed by atoms with Crippen molar-refractivity contribution in [1.82, 2.24) is 0 Å². The van der Waals surface area contributed by atoms with Crippen molar-refractivity contribution >= 4 is 23.4 Å². The number of esters is 1. The van der Waals surface area contributed by atoms with E-state index in [4.69, 9.17) is 16.3 Å². The Kier molecular flexibility index (Phi) is 13.8. The number of unbranched alkanes of at least 4 members (excludes halogenated alkanes) is 8. The van der Waals surface area contributed by atoms with Crippen molar-refractivity contribution in [2.24, 2.45) is 11.8 Å². The van der Waals surface area contributed by atoms with Gasteiger partial charge in [-0.25, -0.2) is 0 Å². The van der Waals surface area contributed by atoms with E-state index in [1.807, 2.05) is 12.1 Å². The molecule has 0 spiro atoms. The quantitative estimate of drug-likeness (QED) is 0.157. The Bertz CT molecular complexity index is 685. The van der Waals surface area contributed by atoms with Crippen LogP contribution in [-0.4, -0.2) is 11.8 Å². The summed E-state index contributed by atoms with van der Waals surface area (Å²) in [6, 6.07) is 7.27. The maximum absolute atomic E-state index is 12.9. The van der Waals surface area contributed by atoms with Crippen molar-refractivity contribution in [2.75, 3.05) is 0 Å². The molecule has 4 heteroatoms. The molecule has 1 heterocycles. The number of carbonyl (C=O) groups is 2. The summed E-state index contributed by atoms with van der Waals surface area (Å²) < 4.78 is 5.49. The lowest BCUT2D eigenvalue weighted by molar-refractivity contribution is -0.141. The van der Waals surface area contributed by atoms with Gasteiger partial charge in [-0.3, -0.25) is 9.59 Å². The standard InChI is InChI=1S/C29H45ClO3/c1-3-5-6-7-8-9-10-11-15-23(14-4-2)16-12-13-17-27(31)26-22-28(32)33-29(26)24-18-20-25(30)21-19-24/h18-21,23,26,29H,3-17,22H2,1-2H3/t23?,26-,29-/m1/s1. The van der Waals surface area contributed by atoms with Gasteiger partial charge in [-0.1, -0.05) is 121 Å². The zero-order chi connectivity index (χ0) is 23.9. The van der Waals surface area contributed by atoms with Crippen LogP contribution < -0.4 is 0 Å². The number of hydrogen-bond acceptors (Lipinski definition) is 3. The first-order valence-corrected chi connectivity index (χ1v) is 13.9. The van der Waals surface area contributed by atoms with Crippen LogP contribution in [-0.2, 0) is 14.3 Å². The van der Waals surface area contributed by atoms with Gasteiger partial charge < -0.3 is 4.74 Å². The number of benzene rings is 1. The molecule has 1 aromatic carbocycles. The smallest absolute Gasteiger partial charge is 0.307 e. The van der Waals surface area contributed by atoms with Gasteiger partial charge in [0.25, 0.3) is 0 Å². The van der Waals surface area contributed by atoms with E-state index in [9.17, 15) is 9.59 Å². The number of carbonyl (C=O) groups excluding carboxylic acids is 2. The third-order valence-electron chi connectivity index (χ3n) is 7.07. The summed E-state index contributed by atoms with van der Waals surface area (Å²) in [6.45, 7) is 4.55. The number of ether oxygens (including phenoxy) is 1. The Labute approximate surface area is 207 Å². The van der Waals surface area contributed by atoms with Crippen LogP contribution in [0.1, 0.15) is 128 Å². The van der Waals surface area contributed by atoms with Crippen molar-refractivity contribution in [2.45, 2.75) is 123 Å². The predicted octanol–water partition coefficient (Wildman–Crippen LogP) is 9.02. The number of hydrogen-bond donors (Lipinski definition) is 0. The first kappa shape index (κ1) is 27.9. The first-order valence-electron chi connectivity index (χ1n) is 13.5. The molecule has 0 bridgehead atoms. The summed E-state index contributed by atoms with van der Waals surface area (Å²) >= 11 is 5.97. The van der Waals surface area contributed by atoms with Gasteiger partial charge in [0, 0.05) is 11.4 Å². The second-order valence-corrected chi connectivity index (χ2v) is 10.3. The summed E-state index contributed by atoms with van der Waals surface area (Å²) in [7, 11) is 0. The second kappa shape index (κ2) is 16.3. The van der Waals surface area contributed by atoms with Gasteiger partial charge in [0.05, 0.1) is 12.3 Å². The van der Waals surface area contributed by atoms with Crippen molar-refractivity contribution < 1.29 is 14.3 Å². The Balaban J connectivity index is 1.66. The van der Waals surface area contributed by atoms with Gasteiger partial charge in [0.2, 0.25) is 0 Å². The van der Waals surface area contributed by atoms with Crippen molar-refractivity contribution in [1.29, 1.82) is 0 Å². The van der Waals surface area contributed by atoms with Gasteiger partial charge in [-0.05, 0) is 30.0 Å². The highest BCUT2D eigenvalue weighted by molar-refractivity contribution is 6.30. The number of ketones is 1. The highest BCUT2D eigenvalue weighted by Crippen LogP contribution is 2.37. The summed E-state index contributed by atoms with van der Waals surface area (Å²) in [5.41, 5.74) is 0.858. The van der Waals surface area contributed by atoms with Crippen LogP contribution in [0.2, 0.25) is 5.02 Å². The van der Waals surface area contributed by atoms with Crippen LogP contribution in [0.5, 0.6) is 0 Å². The normalized spacial score (nSPS) is 18.9.